The Labute approximate surface area is 162 Å². The summed E-state index contributed by atoms with van der Waals surface area (Å²) >= 11 is 15.3. The van der Waals surface area contributed by atoms with Gasteiger partial charge < -0.3 is 9.73 Å². The van der Waals surface area contributed by atoms with Gasteiger partial charge in [0.15, 0.2) is 0 Å². The van der Waals surface area contributed by atoms with Gasteiger partial charge in [0.2, 0.25) is 5.91 Å². The van der Waals surface area contributed by atoms with Crippen molar-refractivity contribution >= 4 is 56.9 Å². The van der Waals surface area contributed by atoms with Crippen LogP contribution in [0.15, 0.2) is 63.6 Å². The van der Waals surface area contributed by atoms with Crippen molar-refractivity contribution in [2.45, 2.75) is 0 Å². The average molecular weight is 438 g/mol. The van der Waals surface area contributed by atoms with Crippen LogP contribution in [-0.4, -0.2) is 10.9 Å². The summed E-state index contributed by atoms with van der Waals surface area (Å²) in [5, 5.41) is 3.71. The molecule has 3 rings (SSSR count). The van der Waals surface area contributed by atoms with Gasteiger partial charge in [-0.2, -0.15) is 0 Å². The Morgan fingerprint density at radius 2 is 2.00 bits per heavy atom. The van der Waals surface area contributed by atoms with Crippen LogP contribution in [0, 0.1) is 0 Å². The van der Waals surface area contributed by atoms with Gasteiger partial charge >= 0.3 is 0 Å². The molecule has 25 heavy (non-hydrogen) atoms. The maximum absolute atomic E-state index is 11.9. The minimum atomic E-state index is -0.308. The fourth-order valence-electron chi connectivity index (χ4n) is 2.05. The molecular formula is C18H11BrCl2N2O2. The van der Waals surface area contributed by atoms with E-state index in [1.807, 2.05) is 0 Å². The molecule has 0 unspecified atom stereocenters. The van der Waals surface area contributed by atoms with Gasteiger partial charge in [-0.1, -0.05) is 23.2 Å². The predicted octanol–water partition coefficient (Wildman–Crippen LogP) is 6.06. The second-order valence-corrected chi connectivity index (χ2v) is 6.77. The molecule has 0 bridgehead atoms. The Morgan fingerprint density at radius 3 is 2.72 bits per heavy atom. The summed E-state index contributed by atoms with van der Waals surface area (Å²) in [6.07, 6.45) is 4.55. The van der Waals surface area contributed by atoms with E-state index >= 15 is 0 Å². The highest BCUT2D eigenvalue weighted by molar-refractivity contribution is 9.10. The van der Waals surface area contributed by atoms with Crippen molar-refractivity contribution in [2.75, 3.05) is 5.32 Å². The van der Waals surface area contributed by atoms with Crippen molar-refractivity contribution in [1.82, 2.24) is 4.98 Å². The third kappa shape index (κ3) is 4.72. The molecule has 0 saturated carbocycles. The van der Waals surface area contributed by atoms with E-state index in [4.69, 9.17) is 27.6 Å². The molecular weight excluding hydrogens is 427 g/mol. The van der Waals surface area contributed by atoms with E-state index in [0.717, 1.165) is 10.0 Å². The van der Waals surface area contributed by atoms with Crippen LogP contribution in [0.5, 0.6) is 0 Å². The third-order valence-electron chi connectivity index (χ3n) is 3.20. The van der Waals surface area contributed by atoms with E-state index in [-0.39, 0.29) is 5.91 Å². The molecule has 0 saturated heterocycles. The summed E-state index contributed by atoms with van der Waals surface area (Å²) < 4.78 is 6.53. The molecule has 0 aliphatic heterocycles. The van der Waals surface area contributed by atoms with Crippen LogP contribution in [0.25, 0.3) is 17.4 Å². The van der Waals surface area contributed by atoms with Gasteiger partial charge in [0.25, 0.3) is 0 Å². The van der Waals surface area contributed by atoms with Gasteiger partial charge in [0.05, 0.1) is 5.02 Å². The summed E-state index contributed by atoms with van der Waals surface area (Å²) in [5.41, 5.74) is 0.731. The first-order chi connectivity index (χ1) is 12.0. The topological polar surface area (TPSA) is 55.1 Å². The van der Waals surface area contributed by atoms with Crippen LogP contribution in [0.3, 0.4) is 0 Å². The zero-order valence-corrected chi connectivity index (χ0v) is 15.8. The lowest BCUT2D eigenvalue weighted by Gasteiger charge is -2.01. The zero-order valence-electron chi connectivity index (χ0n) is 12.7. The van der Waals surface area contributed by atoms with Crippen molar-refractivity contribution in [2.24, 2.45) is 0 Å². The number of benzene rings is 1. The van der Waals surface area contributed by atoms with Gasteiger partial charge in [0.1, 0.15) is 17.3 Å². The lowest BCUT2D eigenvalue weighted by Crippen LogP contribution is -2.08. The number of amides is 1. The number of rotatable bonds is 4. The second-order valence-electron chi connectivity index (χ2n) is 5.01. The Hall–Kier alpha value is -2.08. The Kier molecular flexibility index (Phi) is 5.58. The van der Waals surface area contributed by atoms with E-state index in [9.17, 15) is 4.79 Å². The molecule has 7 heteroatoms. The Balaban J connectivity index is 1.69. The number of anilines is 1. The number of carbonyl (C=O) groups excluding carboxylic acids is 1. The van der Waals surface area contributed by atoms with Gasteiger partial charge in [0, 0.05) is 27.3 Å². The largest absolute Gasteiger partial charge is 0.457 e. The minimum Gasteiger partial charge on any atom is -0.457 e. The smallest absolute Gasteiger partial charge is 0.249 e. The van der Waals surface area contributed by atoms with Gasteiger partial charge in [-0.25, -0.2) is 4.98 Å². The molecule has 0 atom stereocenters. The number of nitrogens with one attached hydrogen (secondary N) is 1. The maximum Gasteiger partial charge on any atom is 0.249 e. The number of carbonyl (C=O) groups is 1. The quantitative estimate of drug-likeness (QED) is 0.504. The molecule has 1 amide bonds. The molecule has 0 radical (unpaired) electrons. The number of halogens is 3. The predicted molar refractivity (Wildman–Crippen MR) is 104 cm³/mol. The molecule has 1 N–H and O–H groups in total. The summed E-state index contributed by atoms with van der Waals surface area (Å²) in [7, 11) is 0. The first kappa shape index (κ1) is 17.7. The van der Waals surface area contributed by atoms with Crippen molar-refractivity contribution in [3.8, 4) is 11.3 Å². The second kappa shape index (κ2) is 7.87. The van der Waals surface area contributed by atoms with Crippen molar-refractivity contribution < 1.29 is 9.21 Å². The highest BCUT2D eigenvalue weighted by Gasteiger charge is 2.08. The summed E-state index contributed by atoms with van der Waals surface area (Å²) in [5.74, 6) is 1.28. The van der Waals surface area contributed by atoms with E-state index in [0.29, 0.717) is 27.4 Å². The van der Waals surface area contributed by atoms with Gasteiger partial charge in [-0.05, 0) is 64.5 Å². The molecule has 0 aliphatic rings. The lowest BCUT2D eigenvalue weighted by atomic mass is 10.2. The molecule has 4 nitrogen and oxygen atoms in total. The van der Waals surface area contributed by atoms with Gasteiger partial charge in [-0.15, -0.1) is 0 Å². The fourth-order valence-corrected chi connectivity index (χ4v) is 2.79. The van der Waals surface area contributed by atoms with Crippen molar-refractivity contribution in [3.63, 3.8) is 0 Å². The fraction of sp³-hybridized carbons (Fsp3) is 0. The number of furan rings is 1. The molecule has 2 aromatic heterocycles. The number of hydrogen-bond donors (Lipinski definition) is 1. The van der Waals surface area contributed by atoms with Crippen LogP contribution in [0.1, 0.15) is 5.76 Å². The number of nitrogens with zero attached hydrogens (tertiary/aromatic N) is 1. The molecule has 0 fully saturated rings. The average Bonchev–Trinajstić information content (AvgIpc) is 3.04. The maximum atomic E-state index is 11.9. The van der Waals surface area contributed by atoms with E-state index < -0.39 is 0 Å². The Morgan fingerprint density at radius 1 is 1.16 bits per heavy atom. The van der Waals surface area contributed by atoms with Crippen LogP contribution in [-0.2, 0) is 4.79 Å². The molecule has 0 spiro atoms. The summed E-state index contributed by atoms with van der Waals surface area (Å²) in [4.78, 5) is 16.0. The number of aromatic nitrogens is 1. The monoisotopic (exact) mass is 436 g/mol. The van der Waals surface area contributed by atoms with Crippen LogP contribution >= 0.6 is 39.1 Å². The molecule has 2 heterocycles. The first-order valence-electron chi connectivity index (χ1n) is 7.17. The van der Waals surface area contributed by atoms with Crippen LogP contribution in [0.4, 0.5) is 5.82 Å². The van der Waals surface area contributed by atoms with Crippen LogP contribution in [0.2, 0.25) is 10.0 Å². The van der Waals surface area contributed by atoms with E-state index in [1.165, 1.54) is 6.08 Å². The summed E-state index contributed by atoms with van der Waals surface area (Å²) in [6, 6.07) is 12.2. The highest BCUT2D eigenvalue weighted by atomic mass is 79.9. The zero-order chi connectivity index (χ0) is 17.8. The standard InChI is InChI=1S/C18H11BrCl2N2O2/c19-11-1-7-17(22-10-11)23-18(24)8-4-13-3-6-16(25-13)14-5-2-12(20)9-15(14)21/h1-10H,(H,22,23,24)/b8-4+. The third-order valence-corrected chi connectivity index (χ3v) is 4.22. The van der Waals surface area contributed by atoms with E-state index in [1.54, 1.807) is 54.7 Å². The molecule has 3 aromatic rings. The van der Waals surface area contributed by atoms with Crippen molar-refractivity contribution in [1.29, 1.82) is 0 Å². The molecule has 126 valence electrons. The molecule has 0 aliphatic carbocycles. The SMILES string of the molecule is O=C(/C=C/c1ccc(-c2ccc(Cl)cc2Cl)o1)Nc1ccc(Br)cn1. The van der Waals surface area contributed by atoms with E-state index in [2.05, 4.69) is 26.2 Å². The number of pyridine rings is 1. The van der Waals surface area contributed by atoms with Crippen molar-refractivity contribution in [3.05, 3.63) is 75.0 Å². The minimum absolute atomic E-state index is 0.308. The highest BCUT2D eigenvalue weighted by Crippen LogP contribution is 2.31. The van der Waals surface area contributed by atoms with Gasteiger partial charge in [-0.3, -0.25) is 4.79 Å². The molecule has 1 aromatic carbocycles. The number of hydrogen-bond acceptors (Lipinski definition) is 3. The first-order valence-corrected chi connectivity index (χ1v) is 8.72. The summed E-state index contributed by atoms with van der Waals surface area (Å²) in [6.45, 7) is 0. The normalized spacial score (nSPS) is 11.0. The Bertz CT molecular complexity index is 937. The lowest BCUT2D eigenvalue weighted by molar-refractivity contribution is -0.111. The van der Waals surface area contributed by atoms with Crippen LogP contribution < -0.4 is 5.32 Å².